The fourth-order valence-corrected chi connectivity index (χ4v) is 2.64. The van der Waals surface area contributed by atoms with Crippen molar-refractivity contribution in [3.05, 3.63) is 53.3 Å². The Hall–Kier alpha value is -2.80. The van der Waals surface area contributed by atoms with Crippen LogP contribution in [-0.2, 0) is 27.4 Å². The molecule has 8 heteroatoms. The van der Waals surface area contributed by atoms with Crippen LogP contribution in [0.4, 0.5) is 0 Å². The summed E-state index contributed by atoms with van der Waals surface area (Å²) in [6, 6.07) is 8.64. The molecular formula is C18H17ClN2O5. The molecule has 2 aromatic heterocycles. The van der Waals surface area contributed by atoms with Gasteiger partial charge in [-0.2, -0.15) is 0 Å². The van der Waals surface area contributed by atoms with Crippen LogP contribution >= 0.6 is 11.6 Å². The van der Waals surface area contributed by atoms with Crippen molar-refractivity contribution in [1.82, 2.24) is 9.88 Å². The van der Waals surface area contributed by atoms with Gasteiger partial charge in [-0.1, -0.05) is 11.6 Å². The van der Waals surface area contributed by atoms with Crippen molar-refractivity contribution in [3.63, 3.8) is 0 Å². The lowest BCUT2D eigenvalue weighted by atomic mass is 10.2. The molecule has 0 aliphatic rings. The van der Waals surface area contributed by atoms with Gasteiger partial charge in [0.1, 0.15) is 11.3 Å². The molecule has 0 N–H and O–H groups in total. The minimum absolute atomic E-state index is 0.00710. The van der Waals surface area contributed by atoms with Gasteiger partial charge in [0.25, 0.3) is 0 Å². The first-order valence-corrected chi connectivity index (χ1v) is 8.35. The van der Waals surface area contributed by atoms with E-state index >= 15 is 0 Å². The Morgan fingerprint density at radius 1 is 1.23 bits per heavy atom. The Kier molecular flexibility index (Phi) is 5.58. The maximum atomic E-state index is 12.5. The summed E-state index contributed by atoms with van der Waals surface area (Å²) in [6.07, 6.45) is 1.57. The van der Waals surface area contributed by atoms with Crippen LogP contribution in [0, 0.1) is 0 Å². The van der Waals surface area contributed by atoms with Gasteiger partial charge in [-0.05, 0) is 30.3 Å². The highest BCUT2D eigenvalue weighted by atomic mass is 35.5. The van der Waals surface area contributed by atoms with E-state index in [-0.39, 0.29) is 31.8 Å². The van der Waals surface area contributed by atoms with E-state index in [4.69, 9.17) is 20.4 Å². The summed E-state index contributed by atoms with van der Waals surface area (Å²) < 4.78 is 15.6. The van der Waals surface area contributed by atoms with E-state index in [1.165, 1.54) is 18.3 Å². The third kappa shape index (κ3) is 4.43. The Morgan fingerprint density at radius 3 is 2.81 bits per heavy atom. The standard InChI is InChI=1S/C18H17ClN2O5/c1-24-18(23)7-6-17(22)21(10-13-3-2-8-25-13)11-16-20-14-9-12(19)4-5-15(14)26-16/h2-5,8-9H,6-7,10-11H2,1H3. The normalized spacial score (nSPS) is 10.8. The predicted octanol–water partition coefficient (Wildman–Crippen LogP) is 3.56. The number of furan rings is 1. The van der Waals surface area contributed by atoms with Crippen LogP contribution in [0.15, 0.2) is 45.4 Å². The number of methoxy groups -OCH3 is 1. The molecule has 1 aromatic carbocycles. The summed E-state index contributed by atoms with van der Waals surface area (Å²) in [5, 5.41) is 0.555. The molecule has 3 rings (SSSR count). The maximum absolute atomic E-state index is 12.5. The third-order valence-electron chi connectivity index (χ3n) is 3.77. The monoisotopic (exact) mass is 376 g/mol. The van der Waals surface area contributed by atoms with Crippen molar-refractivity contribution in [2.24, 2.45) is 0 Å². The summed E-state index contributed by atoms with van der Waals surface area (Å²) >= 11 is 5.96. The molecule has 136 valence electrons. The molecule has 0 fully saturated rings. The zero-order valence-electron chi connectivity index (χ0n) is 14.1. The Balaban J connectivity index is 1.77. The van der Waals surface area contributed by atoms with Gasteiger partial charge in [0.05, 0.1) is 32.9 Å². The minimum Gasteiger partial charge on any atom is -0.469 e. The largest absolute Gasteiger partial charge is 0.469 e. The first-order valence-electron chi connectivity index (χ1n) is 7.97. The van der Waals surface area contributed by atoms with Gasteiger partial charge in [0, 0.05) is 11.4 Å². The van der Waals surface area contributed by atoms with Crippen LogP contribution in [0.3, 0.4) is 0 Å². The highest BCUT2D eigenvalue weighted by Crippen LogP contribution is 2.21. The van der Waals surface area contributed by atoms with Crippen LogP contribution in [0.2, 0.25) is 5.02 Å². The molecular weight excluding hydrogens is 360 g/mol. The van der Waals surface area contributed by atoms with E-state index in [2.05, 4.69) is 9.72 Å². The average molecular weight is 377 g/mol. The van der Waals surface area contributed by atoms with Crippen LogP contribution in [0.1, 0.15) is 24.5 Å². The SMILES string of the molecule is COC(=O)CCC(=O)N(Cc1ccco1)Cc1nc2cc(Cl)ccc2o1. The molecule has 0 aliphatic heterocycles. The number of oxazole rings is 1. The molecule has 0 aliphatic carbocycles. The minimum atomic E-state index is -0.437. The summed E-state index contributed by atoms with van der Waals surface area (Å²) in [4.78, 5) is 29.7. The summed E-state index contributed by atoms with van der Waals surface area (Å²) in [5.41, 5.74) is 1.21. The van der Waals surface area contributed by atoms with Crippen LogP contribution in [0.25, 0.3) is 11.1 Å². The van der Waals surface area contributed by atoms with E-state index in [0.29, 0.717) is 27.8 Å². The number of hydrogen-bond acceptors (Lipinski definition) is 6. The molecule has 1 amide bonds. The number of nitrogens with zero attached hydrogens (tertiary/aromatic N) is 2. The first-order chi connectivity index (χ1) is 12.5. The zero-order chi connectivity index (χ0) is 18.5. The number of carbonyl (C=O) groups excluding carboxylic acids is 2. The van der Waals surface area contributed by atoms with Crippen LogP contribution < -0.4 is 0 Å². The number of fused-ring (bicyclic) bond motifs is 1. The number of ether oxygens (including phenoxy) is 1. The van der Waals surface area contributed by atoms with Crippen molar-refractivity contribution in [1.29, 1.82) is 0 Å². The lowest BCUT2D eigenvalue weighted by Crippen LogP contribution is -2.30. The molecule has 0 unspecified atom stereocenters. The van der Waals surface area contributed by atoms with Gasteiger partial charge in [-0.25, -0.2) is 4.98 Å². The van der Waals surface area contributed by atoms with Gasteiger partial charge < -0.3 is 18.5 Å². The smallest absolute Gasteiger partial charge is 0.306 e. The lowest BCUT2D eigenvalue weighted by molar-refractivity contribution is -0.144. The summed E-state index contributed by atoms with van der Waals surface area (Å²) in [7, 11) is 1.29. The van der Waals surface area contributed by atoms with Crippen molar-refractivity contribution in [3.8, 4) is 0 Å². The van der Waals surface area contributed by atoms with E-state index < -0.39 is 5.97 Å². The average Bonchev–Trinajstić information content (AvgIpc) is 3.27. The topological polar surface area (TPSA) is 85.8 Å². The second-order valence-corrected chi connectivity index (χ2v) is 6.06. The van der Waals surface area contributed by atoms with Crippen molar-refractivity contribution in [2.75, 3.05) is 7.11 Å². The molecule has 0 bridgehead atoms. The zero-order valence-corrected chi connectivity index (χ0v) is 14.9. The van der Waals surface area contributed by atoms with Gasteiger partial charge >= 0.3 is 5.97 Å². The van der Waals surface area contributed by atoms with Crippen LogP contribution in [-0.4, -0.2) is 28.9 Å². The number of benzene rings is 1. The van der Waals surface area contributed by atoms with Crippen LogP contribution in [0.5, 0.6) is 0 Å². The quantitative estimate of drug-likeness (QED) is 0.586. The molecule has 0 saturated carbocycles. The fourth-order valence-electron chi connectivity index (χ4n) is 2.47. The second kappa shape index (κ2) is 8.05. The maximum Gasteiger partial charge on any atom is 0.306 e. The second-order valence-electron chi connectivity index (χ2n) is 5.62. The Labute approximate surface area is 154 Å². The lowest BCUT2D eigenvalue weighted by Gasteiger charge is -2.19. The fraction of sp³-hybridized carbons (Fsp3) is 0.278. The van der Waals surface area contributed by atoms with E-state index in [9.17, 15) is 9.59 Å². The van der Waals surface area contributed by atoms with E-state index in [0.717, 1.165) is 0 Å². The molecule has 2 heterocycles. The van der Waals surface area contributed by atoms with Crippen molar-refractivity contribution >= 4 is 34.6 Å². The van der Waals surface area contributed by atoms with Gasteiger partial charge in [-0.3, -0.25) is 9.59 Å². The number of amides is 1. The molecule has 0 saturated heterocycles. The Bertz CT molecular complexity index is 904. The highest BCUT2D eigenvalue weighted by Gasteiger charge is 2.20. The molecule has 0 atom stereocenters. The van der Waals surface area contributed by atoms with Crippen molar-refractivity contribution < 1.29 is 23.2 Å². The molecule has 0 radical (unpaired) electrons. The third-order valence-corrected chi connectivity index (χ3v) is 4.01. The van der Waals surface area contributed by atoms with Gasteiger partial charge in [-0.15, -0.1) is 0 Å². The number of hydrogen-bond donors (Lipinski definition) is 0. The van der Waals surface area contributed by atoms with E-state index in [1.54, 1.807) is 30.3 Å². The number of esters is 1. The number of halogens is 1. The number of aromatic nitrogens is 1. The van der Waals surface area contributed by atoms with Gasteiger partial charge in [0.15, 0.2) is 5.58 Å². The predicted molar refractivity (Wildman–Crippen MR) is 93.2 cm³/mol. The first kappa shape index (κ1) is 18.0. The highest BCUT2D eigenvalue weighted by molar-refractivity contribution is 6.31. The van der Waals surface area contributed by atoms with Gasteiger partial charge in [0.2, 0.25) is 11.8 Å². The van der Waals surface area contributed by atoms with Crippen molar-refractivity contribution in [2.45, 2.75) is 25.9 Å². The molecule has 0 spiro atoms. The molecule has 26 heavy (non-hydrogen) atoms. The molecule has 7 nitrogen and oxygen atoms in total. The number of rotatable bonds is 7. The summed E-state index contributed by atoms with van der Waals surface area (Å²) in [6.45, 7) is 0.388. The Morgan fingerprint density at radius 2 is 2.08 bits per heavy atom. The number of carbonyl (C=O) groups is 2. The summed E-state index contributed by atoms with van der Waals surface area (Å²) in [5.74, 6) is 0.329. The molecule has 3 aromatic rings. The van der Waals surface area contributed by atoms with E-state index in [1.807, 2.05) is 0 Å².